The molecule has 0 radical (unpaired) electrons. The highest BCUT2D eigenvalue weighted by Gasteiger charge is 2.19. The lowest BCUT2D eigenvalue weighted by molar-refractivity contribution is -0.119. The van der Waals surface area contributed by atoms with Crippen molar-refractivity contribution < 1.29 is 15.0 Å². The van der Waals surface area contributed by atoms with Crippen LogP contribution in [0.25, 0.3) is 0 Å². The van der Waals surface area contributed by atoms with E-state index in [0.29, 0.717) is 9.21 Å². The Kier molecular flexibility index (Phi) is 4.53. The van der Waals surface area contributed by atoms with E-state index in [1.54, 1.807) is 12.1 Å². The molecule has 4 nitrogen and oxygen atoms in total. The summed E-state index contributed by atoms with van der Waals surface area (Å²) in [6.07, 6.45) is -2.04. The van der Waals surface area contributed by atoms with Crippen molar-refractivity contribution in [3.8, 4) is 0 Å². The van der Waals surface area contributed by atoms with E-state index < -0.39 is 12.2 Å². The lowest BCUT2D eigenvalue weighted by atomic mass is 10.1. The van der Waals surface area contributed by atoms with Crippen molar-refractivity contribution in [2.24, 2.45) is 0 Å². The number of carbonyl (C=O) groups excluding carboxylic acids is 1. The van der Waals surface area contributed by atoms with Gasteiger partial charge in [-0.05, 0) is 12.1 Å². The van der Waals surface area contributed by atoms with Crippen molar-refractivity contribution in [3.63, 3.8) is 0 Å². The molecule has 0 fully saturated rings. The first kappa shape index (κ1) is 12.4. The van der Waals surface area contributed by atoms with Crippen molar-refractivity contribution in [2.75, 3.05) is 6.54 Å². The smallest absolute Gasteiger partial charge is 0.216 e. The third-order valence-electron chi connectivity index (χ3n) is 1.81. The molecule has 1 rings (SSSR count). The van der Waals surface area contributed by atoms with Crippen LogP contribution in [0.5, 0.6) is 0 Å². The van der Waals surface area contributed by atoms with Crippen molar-refractivity contribution in [3.05, 3.63) is 21.3 Å². The van der Waals surface area contributed by atoms with Crippen molar-refractivity contribution in [2.45, 2.75) is 19.1 Å². The molecule has 2 unspecified atom stereocenters. The van der Waals surface area contributed by atoms with E-state index in [9.17, 15) is 15.0 Å². The Morgan fingerprint density at radius 2 is 2.27 bits per heavy atom. The van der Waals surface area contributed by atoms with Crippen molar-refractivity contribution >= 4 is 28.8 Å². The Bertz CT molecular complexity index is 342. The largest absolute Gasteiger partial charge is 0.388 e. The molecule has 15 heavy (non-hydrogen) atoms. The van der Waals surface area contributed by atoms with Crippen molar-refractivity contribution in [1.82, 2.24) is 5.32 Å². The summed E-state index contributed by atoms with van der Waals surface area (Å²) in [6, 6.07) is 3.30. The van der Waals surface area contributed by atoms with Gasteiger partial charge in [-0.3, -0.25) is 4.79 Å². The molecule has 1 amide bonds. The lowest BCUT2D eigenvalue weighted by Crippen LogP contribution is -2.33. The predicted octanol–water partition coefficient (Wildman–Crippen LogP) is 0.932. The van der Waals surface area contributed by atoms with Crippen LogP contribution in [0.15, 0.2) is 12.1 Å². The first-order valence-corrected chi connectivity index (χ1v) is 5.56. The lowest BCUT2D eigenvalue weighted by Gasteiger charge is -2.16. The third-order valence-corrected chi connectivity index (χ3v) is 3.11. The van der Waals surface area contributed by atoms with Crippen LogP contribution >= 0.6 is 22.9 Å². The molecule has 1 aromatic heterocycles. The molecule has 0 spiro atoms. The molecule has 6 heteroatoms. The average Bonchev–Trinajstić information content (AvgIpc) is 2.60. The number of aliphatic hydroxyl groups is 2. The standard InChI is InChI=1S/C9H12ClNO3S/c1-5(12)11-4-6(13)9(14)7-2-3-8(10)15-7/h2-3,6,9,13-14H,4H2,1H3,(H,11,12). The summed E-state index contributed by atoms with van der Waals surface area (Å²) in [5.41, 5.74) is 0. The molecule has 0 saturated heterocycles. The van der Waals surface area contributed by atoms with Crippen LogP contribution in [0.1, 0.15) is 17.9 Å². The maximum Gasteiger partial charge on any atom is 0.216 e. The highest BCUT2D eigenvalue weighted by atomic mass is 35.5. The maximum absolute atomic E-state index is 10.6. The zero-order valence-electron chi connectivity index (χ0n) is 8.11. The number of aliphatic hydroxyl groups excluding tert-OH is 2. The zero-order chi connectivity index (χ0) is 11.4. The SMILES string of the molecule is CC(=O)NCC(O)C(O)c1ccc(Cl)s1. The summed E-state index contributed by atoms with van der Waals surface area (Å²) in [5.74, 6) is -0.245. The number of carbonyl (C=O) groups is 1. The highest BCUT2D eigenvalue weighted by molar-refractivity contribution is 7.16. The minimum absolute atomic E-state index is 0.0199. The van der Waals surface area contributed by atoms with Gasteiger partial charge in [0.25, 0.3) is 0 Å². The minimum Gasteiger partial charge on any atom is -0.388 e. The summed E-state index contributed by atoms with van der Waals surface area (Å²) in [5, 5.41) is 21.6. The Morgan fingerprint density at radius 3 is 2.73 bits per heavy atom. The molecule has 0 bridgehead atoms. The van der Waals surface area contributed by atoms with Gasteiger partial charge in [-0.25, -0.2) is 0 Å². The minimum atomic E-state index is -1.02. The molecule has 2 atom stereocenters. The van der Waals surface area contributed by atoms with Crippen LogP contribution in [0.3, 0.4) is 0 Å². The molecule has 3 N–H and O–H groups in total. The van der Waals surface area contributed by atoms with Gasteiger partial charge in [-0.1, -0.05) is 11.6 Å². The van der Waals surface area contributed by atoms with Crippen LogP contribution in [0.4, 0.5) is 0 Å². The zero-order valence-corrected chi connectivity index (χ0v) is 9.68. The molecule has 0 aliphatic carbocycles. The fourth-order valence-corrected chi connectivity index (χ4v) is 2.14. The normalized spacial score (nSPS) is 14.7. The number of thiophene rings is 1. The fourth-order valence-electron chi connectivity index (χ4n) is 1.04. The van der Waals surface area contributed by atoms with Gasteiger partial charge in [0.05, 0.1) is 4.34 Å². The van der Waals surface area contributed by atoms with Crippen LogP contribution in [-0.2, 0) is 4.79 Å². The second kappa shape index (κ2) is 5.46. The predicted molar refractivity (Wildman–Crippen MR) is 59.0 cm³/mol. The monoisotopic (exact) mass is 249 g/mol. The Hall–Kier alpha value is -0.620. The number of halogens is 1. The van der Waals surface area contributed by atoms with Crippen LogP contribution in [0, 0.1) is 0 Å². The van der Waals surface area contributed by atoms with E-state index in [-0.39, 0.29) is 12.5 Å². The molecule has 1 heterocycles. The summed E-state index contributed by atoms with van der Waals surface area (Å²) >= 11 is 6.89. The maximum atomic E-state index is 10.6. The number of hydrogen-bond acceptors (Lipinski definition) is 4. The van der Waals surface area contributed by atoms with Crippen LogP contribution in [-0.4, -0.2) is 28.8 Å². The fraction of sp³-hybridized carbons (Fsp3) is 0.444. The van der Waals surface area contributed by atoms with Crippen LogP contribution in [0.2, 0.25) is 4.34 Å². The number of hydrogen-bond donors (Lipinski definition) is 3. The third kappa shape index (κ3) is 3.79. The van der Waals surface area contributed by atoms with Gasteiger partial charge in [0.2, 0.25) is 5.91 Å². The average molecular weight is 250 g/mol. The molecule has 0 aliphatic rings. The van der Waals surface area contributed by atoms with Gasteiger partial charge < -0.3 is 15.5 Å². The molecule has 0 saturated carbocycles. The van der Waals surface area contributed by atoms with Gasteiger partial charge >= 0.3 is 0 Å². The van der Waals surface area contributed by atoms with E-state index in [1.807, 2.05) is 0 Å². The van der Waals surface area contributed by atoms with Gasteiger partial charge in [-0.2, -0.15) is 0 Å². The topological polar surface area (TPSA) is 69.6 Å². The van der Waals surface area contributed by atoms with Crippen molar-refractivity contribution in [1.29, 1.82) is 0 Å². The van der Waals surface area contributed by atoms with Gasteiger partial charge in [0.1, 0.15) is 12.2 Å². The second-order valence-electron chi connectivity index (χ2n) is 3.09. The van der Waals surface area contributed by atoms with E-state index in [2.05, 4.69) is 5.32 Å². The molecule has 84 valence electrons. The van der Waals surface area contributed by atoms with Gasteiger partial charge in [0, 0.05) is 18.3 Å². The number of amides is 1. The first-order chi connectivity index (χ1) is 7.00. The Labute approximate surface area is 96.5 Å². The number of rotatable bonds is 4. The van der Waals surface area contributed by atoms with Gasteiger partial charge in [-0.15, -0.1) is 11.3 Å². The summed E-state index contributed by atoms with van der Waals surface area (Å²) < 4.78 is 0.552. The van der Waals surface area contributed by atoms with E-state index in [1.165, 1.54) is 18.3 Å². The molecule has 0 aromatic carbocycles. The molecular formula is C9H12ClNO3S. The summed E-state index contributed by atoms with van der Waals surface area (Å²) in [6.45, 7) is 1.37. The highest BCUT2D eigenvalue weighted by Crippen LogP contribution is 2.28. The Balaban J connectivity index is 2.52. The molecule has 1 aromatic rings. The summed E-state index contributed by atoms with van der Waals surface area (Å²) in [7, 11) is 0. The molecular weight excluding hydrogens is 238 g/mol. The molecule has 0 aliphatic heterocycles. The Morgan fingerprint density at radius 1 is 1.60 bits per heavy atom. The van der Waals surface area contributed by atoms with E-state index in [4.69, 9.17) is 11.6 Å². The number of nitrogens with one attached hydrogen (secondary N) is 1. The van der Waals surface area contributed by atoms with Crippen LogP contribution < -0.4 is 5.32 Å². The van der Waals surface area contributed by atoms with Gasteiger partial charge in [0.15, 0.2) is 0 Å². The first-order valence-electron chi connectivity index (χ1n) is 4.36. The summed E-state index contributed by atoms with van der Waals surface area (Å²) in [4.78, 5) is 11.2. The second-order valence-corrected chi connectivity index (χ2v) is 4.84. The quantitative estimate of drug-likeness (QED) is 0.744. The van der Waals surface area contributed by atoms with E-state index >= 15 is 0 Å². The van der Waals surface area contributed by atoms with E-state index in [0.717, 1.165) is 0 Å².